The number of nitrogens with one attached hydrogen (secondary N) is 1. The number of anilines is 1. The summed E-state index contributed by atoms with van der Waals surface area (Å²) in [6.07, 6.45) is -3.46. The van der Waals surface area contributed by atoms with Crippen molar-refractivity contribution >= 4 is 21.6 Å². The molecule has 1 amide bonds. The first-order chi connectivity index (χ1) is 11.0. The van der Waals surface area contributed by atoms with E-state index in [1.54, 1.807) is 19.1 Å². The van der Waals surface area contributed by atoms with E-state index in [9.17, 15) is 26.4 Å². The van der Waals surface area contributed by atoms with Crippen LogP contribution in [0.25, 0.3) is 0 Å². The van der Waals surface area contributed by atoms with Crippen LogP contribution in [0.5, 0.6) is 0 Å². The van der Waals surface area contributed by atoms with Gasteiger partial charge in [0.2, 0.25) is 10.0 Å². The SMILES string of the molecule is Cc1ccc(C(=O)N2CCC(C(F)(F)F)CC2)cc1NS(C)(=O)=O. The second-order valence-electron chi connectivity index (χ2n) is 6.01. The predicted octanol–water partition coefficient (Wildman–Crippen LogP) is 2.78. The van der Waals surface area contributed by atoms with Crippen molar-refractivity contribution in [2.75, 3.05) is 24.1 Å². The molecule has 1 heterocycles. The number of amides is 1. The molecule has 0 spiro atoms. The predicted molar refractivity (Wildman–Crippen MR) is 84.3 cm³/mol. The molecule has 1 N–H and O–H groups in total. The highest BCUT2D eigenvalue weighted by molar-refractivity contribution is 7.92. The lowest BCUT2D eigenvalue weighted by Crippen LogP contribution is -2.42. The lowest BCUT2D eigenvalue weighted by Gasteiger charge is -2.33. The summed E-state index contributed by atoms with van der Waals surface area (Å²) in [5.74, 6) is -1.77. The maximum Gasteiger partial charge on any atom is 0.391 e. The van der Waals surface area contributed by atoms with E-state index in [-0.39, 0.29) is 37.2 Å². The molecule has 5 nitrogen and oxygen atoms in total. The summed E-state index contributed by atoms with van der Waals surface area (Å²) in [4.78, 5) is 13.8. The molecule has 24 heavy (non-hydrogen) atoms. The van der Waals surface area contributed by atoms with Crippen molar-refractivity contribution in [1.82, 2.24) is 4.90 Å². The van der Waals surface area contributed by atoms with Gasteiger partial charge in [-0.2, -0.15) is 13.2 Å². The molecule has 134 valence electrons. The minimum absolute atomic E-state index is 0.0335. The zero-order valence-corrected chi connectivity index (χ0v) is 14.2. The summed E-state index contributed by atoms with van der Waals surface area (Å²) in [6, 6.07) is 4.55. The van der Waals surface area contributed by atoms with Crippen LogP contribution in [0, 0.1) is 12.8 Å². The Hall–Kier alpha value is -1.77. The van der Waals surface area contributed by atoms with Crippen LogP contribution in [0.15, 0.2) is 18.2 Å². The number of aryl methyl sites for hydroxylation is 1. The molecular formula is C15H19F3N2O3S. The van der Waals surface area contributed by atoms with Crippen LogP contribution in [0.3, 0.4) is 0 Å². The van der Waals surface area contributed by atoms with Gasteiger partial charge < -0.3 is 4.90 Å². The number of piperidine rings is 1. The summed E-state index contributed by atoms with van der Waals surface area (Å²) in [5.41, 5.74) is 1.18. The zero-order valence-electron chi connectivity index (χ0n) is 13.4. The molecule has 0 radical (unpaired) electrons. The summed E-state index contributed by atoms with van der Waals surface area (Å²) >= 11 is 0. The molecule has 1 fully saturated rings. The van der Waals surface area contributed by atoms with E-state index in [1.165, 1.54) is 11.0 Å². The molecule has 1 aliphatic rings. The molecule has 0 aliphatic carbocycles. The van der Waals surface area contributed by atoms with E-state index >= 15 is 0 Å². The fraction of sp³-hybridized carbons (Fsp3) is 0.533. The standard InChI is InChI=1S/C15H19F3N2O3S/c1-10-3-4-11(9-13(10)19-24(2,22)23)14(21)20-7-5-12(6-8-20)15(16,17)18/h3-4,9,12,19H,5-8H2,1-2H3. The van der Waals surface area contributed by atoms with Gasteiger partial charge >= 0.3 is 6.18 Å². The van der Waals surface area contributed by atoms with Gasteiger partial charge in [-0.1, -0.05) is 6.07 Å². The van der Waals surface area contributed by atoms with Gasteiger partial charge in [-0.3, -0.25) is 9.52 Å². The number of alkyl halides is 3. The van der Waals surface area contributed by atoms with Crippen molar-refractivity contribution in [3.63, 3.8) is 0 Å². The molecule has 0 saturated carbocycles. The minimum atomic E-state index is -4.23. The van der Waals surface area contributed by atoms with E-state index in [0.717, 1.165) is 6.26 Å². The minimum Gasteiger partial charge on any atom is -0.339 e. The van der Waals surface area contributed by atoms with E-state index in [4.69, 9.17) is 0 Å². The Morgan fingerprint density at radius 1 is 1.25 bits per heavy atom. The number of likely N-dealkylation sites (tertiary alicyclic amines) is 1. The molecule has 0 unspecified atom stereocenters. The first-order valence-corrected chi connectivity index (χ1v) is 9.31. The van der Waals surface area contributed by atoms with E-state index in [1.807, 2.05) is 0 Å². The van der Waals surface area contributed by atoms with Crippen LogP contribution in [0.4, 0.5) is 18.9 Å². The first kappa shape index (κ1) is 18.6. The summed E-state index contributed by atoms with van der Waals surface area (Å²) in [7, 11) is -3.49. The number of carbonyl (C=O) groups is 1. The van der Waals surface area contributed by atoms with Crippen molar-refractivity contribution < 1.29 is 26.4 Å². The normalized spacial score (nSPS) is 17.0. The van der Waals surface area contributed by atoms with E-state index < -0.39 is 28.0 Å². The van der Waals surface area contributed by atoms with Gasteiger partial charge in [-0.05, 0) is 37.5 Å². The smallest absolute Gasteiger partial charge is 0.339 e. The third-order valence-electron chi connectivity index (χ3n) is 4.02. The first-order valence-electron chi connectivity index (χ1n) is 7.42. The average molecular weight is 364 g/mol. The fourth-order valence-corrected chi connectivity index (χ4v) is 3.28. The third kappa shape index (κ3) is 4.62. The summed E-state index contributed by atoms with van der Waals surface area (Å²) in [5, 5.41) is 0. The monoisotopic (exact) mass is 364 g/mol. The van der Waals surface area contributed by atoms with Crippen LogP contribution < -0.4 is 4.72 Å². The van der Waals surface area contributed by atoms with Gasteiger partial charge in [0.15, 0.2) is 0 Å². The topological polar surface area (TPSA) is 66.5 Å². The Morgan fingerprint density at radius 2 is 1.83 bits per heavy atom. The van der Waals surface area contributed by atoms with Gasteiger partial charge in [0.25, 0.3) is 5.91 Å². The van der Waals surface area contributed by atoms with E-state index in [0.29, 0.717) is 5.56 Å². The van der Waals surface area contributed by atoms with Crippen LogP contribution in [0.1, 0.15) is 28.8 Å². The Labute approximate surface area is 138 Å². The van der Waals surface area contributed by atoms with Crippen LogP contribution in [-0.2, 0) is 10.0 Å². The van der Waals surface area contributed by atoms with Gasteiger partial charge in [0.05, 0.1) is 17.9 Å². The van der Waals surface area contributed by atoms with E-state index in [2.05, 4.69) is 4.72 Å². The van der Waals surface area contributed by atoms with Crippen molar-refractivity contribution in [1.29, 1.82) is 0 Å². The summed E-state index contributed by atoms with van der Waals surface area (Å²) < 4.78 is 63.1. The molecule has 9 heteroatoms. The number of hydrogen-bond acceptors (Lipinski definition) is 3. The van der Waals surface area contributed by atoms with Gasteiger partial charge in [0, 0.05) is 18.7 Å². The van der Waals surface area contributed by atoms with Gasteiger partial charge in [-0.25, -0.2) is 8.42 Å². The van der Waals surface area contributed by atoms with Gasteiger partial charge in [-0.15, -0.1) is 0 Å². The molecule has 1 aromatic rings. The highest BCUT2D eigenvalue weighted by Crippen LogP contribution is 2.34. The Kier molecular flexibility index (Phi) is 5.12. The second kappa shape index (κ2) is 6.62. The molecule has 1 aliphatic heterocycles. The molecule has 0 atom stereocenters. The summed E-state index contributed by atoms with van der Waals surface area (Å²) in [6.45, 7) is 1.76. The van der Waals surface area contributed by atoms with Crippen molar-refractivity contribution in [3.8, 4) is 0 Å². The molecule has 1 saturated heterocycles. The highest BCUT2D eigenvalue weighted by Gasteiger charge is 2.41. The third-order valence-corrected chi connectivity index (χ3v) is 4.62. The number of halogens is 3. The second-order valence-corrected chi connectivity index (χ2v) is 7.76. The fourth-order valence-electron chi connectivity index (χ4n) is 2.66. The number of carbonyl (C=O) groups excluding carboxylic acids is 1. The number of hydrogen-bond donors (Lipinski definition) is 1. The zero-order chi connectivity index (χ0) is 18.1. The Morgan fingerprint density at radius 3 is 2.33 bits per heavy atom. The van der Waals surface area contributed by atoms with Crippen molar-refractivity contribution in [2.24, 2.45) is 5.92 Å². The lowest BCUT2D eigenvalue weighted by molar-refractivity contribution is -0.183. The molecular weight excluding hydrogens is 345 g/mol. The van der Waals surface area contributed by atoms with Crippen molar-refractivity contribution in [2.45, 2.75) is 25.9 Å². The van der Waals surface area contributed by atoms with Crippen LogP contribution in [-0.4, -0.2) is 44.7 Å². The van der Waals surface area contributed by atoms with Crippen LogP contribution >= 0.6 is 0 Å². The number of nitrogens with zero attached hydrogens (tertiary/aromatic N) is 1. The molecule has 0 bridgehead atoms. The average Bonchev–Trinajstić information content (AvgIpc) is 2.47. The number of rotatable bonds is 3. The number of benzene rings is 1. The van der Waals surface area contributed by atoms with Crippen LogP contribution in [0.2, 0.25) is 0 Å². The molecule has 2 rings (SSSR count). The molecule has 0 aromatic heterocycles. The molecule has 1 aromatic carbocycles. The lowest BCUT2D eigenvalue weighted by atomic mass is 9.95. The maximum absolute atomic E-state index is 12.7. The quantitative estimate of drug-likeness (QED) is 0.897. The number of sulfonamides is 1. The van der Waals surface area contributed by atoms with Crippen molar-refractivity contribution in [3.05, 3.63) is 29.3 Å². The largest absolute Gasteiger partial charge is 0.391 e. The maximum atomic E-state index is 12.7. The Balaban J connectivity index is 2.12. The highest BCUT2D eigenvalue weighted by atomic mass is 32.2. The Bertz CT molecular complexity index is 724. The van der Waals surface area contributed by atoms with Gasteiger partial charge in [0.1, 0.15) is 0 Å².